The summed E-state index contributed by atoms with van der Waals surface area (Å²) in [6.45, 7) is 2.06. The van der Waals surface area contributed by atoms with Crippen molar-refractivity contribution in [2.75, 3.05) is 13.6 Å². The first-order chi connectivity index (χ1) is 9.90. The Labute approximate surface area is 122 Å². The van der Waals surface area contributed by atoms with Crippen LogP contribution < -0.4 is 0 Å². The van der Waals surface area contributed by atoms with Crippen LogP contribution in [0.5, 0.6) is 0 Å². The van der Waals surface area contributed by atoms with Crippen LogP contribution in [0.2, 0.25) is 0 Å². The quantitative estimate of drug-likeness (QED) is 0.921. The Bertz CT molecular complexity index is 594. The second kappa shape index (κ2) is 6.32. The average molecular weight is 295 g/mol. The molecule has 1 aromatic heterocycles. The van der Waals surface area contributed by atoms with Gasteiger partial charge in [-0.2, -0.15) is 5.10 Å². The van der Waals surface area contributed by atoms with Crippen molar-refractivity contribution in [1.29, 1.82) is 0 Å². The summed E-state index contributed by atoms with van der Waals surface area (Å²) >= 11 is 0. The highest BCUT2D eigenvalue weighted by Crippen LogP contribution is 2.25. The minimum atomic E-state index is -1.23. The van der Waals surface area contributed by atoms with E-state index in [2.05, 4.69) is 5.10 Å². The van der Waals surface area contributed by atoms with Gasteiger partial charge >= 0.3 is 0 Å². The zero-order valence-corrected chi connectivity index (χ0v) is 12.3. The minimum Gasteiger partial charge on any atom is -0.387 e. The topological polar surface area (TPSA) is 41.3 Å². The van der Waals surface area contributed by atoms with Crippen molar-refractivity contribution < 1.29 is 13.9 Å². The van der Waals surface area contributed by atoms with Gasteiger partial charge in [0.25, 0.3) is 0 Å². The maximum absolute atomic E-state index is 13.6. The van der Waals surface area contributed by atoms with Crippen LogP contribution in [0.1, 0.15) is 30.2 Å². The summed E-state index contributed by atoms with van der Waals surface area (Å²) in [5.74, 6) is -1.46. The smallest absolute Gasteiger partial charge is 0.131 e. The Morgan fingerprint density at radius 1 is 1.33 bits per heavy atom. The lowest BCUT2D eigenvalue weighted by atomic mass is 10.1. The fourth-order valence-corrected chi connectivity index (χ4v) is 2.26. The lowest BCUT2D eigenvalue weighted by Crippen LogP contribution is -2.28. The molecule has 0 saturated heterocycles. The predicted molar refractivity (Wildman–Crippen MR) is 75.6 cm³/mol. The highest BCUT2D eigenvalue weighted by Gasteiger charge is 2.22. The summed E-state index contributed by atoms with van der Waals surface area (Å²) in [5, 5.41) is 14.2. The highest BCUT2D eigenvalue weighted by molar-refractivity contribution is 5.22. The molecule has 6 heteroatoms. The molecular weight excluding hydrogens is 276 g/mol. The number of likely N-dealkylation sites (N-methyl/N-ethyl adjacent to an activating group) is 1. The Balaban J connectivity index is 2.10. The van der Waals surface area contributed by atoms with Crippen LogP contribution in [0.25, 0.3) is 0 Å². The molecule has 4 nitrogen and oxygen atoms in total. The monoisotopic (exact) mass is 295 g/mol. The molecule has 114 valence electrons. The van der Waals surface area contributed by atoms with Crippen LogP contribution in [0, 0.1) is 11.6 Å². The number of aliphatic hydroxyl groups is 1. The number of rotatable bonds is 5. The molecule has 0 aliphatic heterocycles. The summed E-state index contributed by atoms with van der Waals surface area (Å²) in [6.07, 6.45) is 2.38. The number of aromatic nitrogens is 2. The molecule has 1 N–H and O–H groups in total. The third kappa shape index (κ3) is 3.46. The number of aliphatic hydroxyl groups excluding tert-OH is 1. The largest absolute Gasteiger partial charge is 0.387 e. The first-order valence-corrected chi connectivity index (χ1v) is 6.71. The number of hydrogen-bond donors (Lipinski definition) is 1. The number of benzene rings is 1. The number of nitrogens with zero attached hydrogens (tertiary/aromatic N) is 3. The van der Waals surface area contributed by atoms with Gasteiger partial charge in [0.05, 0.1) is 17.9 Å². The molecule has 0 saturated carbocycles. The minimum absolute atomic E-state index is 0.0248. The second-order valence-corrected chi connectivity index (χ2v) is 5.21. The third-order valence-corrected chi connectivity index (χ3v) is 3.66. The molecular formula is C15H19F2N3O. The van der Waals surface area contributed by atoms with Crippen molar-refractivity contribution >= 4 is 0 Å². The van der Waals surface area contributed by atoms with Gasteiger partial charge in [-0.15, -0.1) is 0 Å². The molecule has 0 aliphatic carbocycles. The molecule has 0 aliphatic rings. The van der Waals surface area contributed by atoms with Crippen LogP contribution in [-0.2, 0) is 7.05 Å². The highest BCUT2D eigenvalue weighted by atomic mass is 19.1. The van der Waals surface area contributed by atoms with Gasteiger partial charge in [0, 0.05) is 31.4 Å². The summed E-state index contributed by atoms with van der Waals surface area (Å²) in [5.41, 5.74) is 0.684. The molecule has 2 unspecified atom stereocenters. The molecule has 0 spiro atoms. The molecule has 0 radical (unpaired) electrons. The molecule has 2 rings (SSSR count). The SMILES string of the molecule is CC(c1cnn(C)c1)N(C)CC(O)c1c(F)cccc1F. The van der Waals surface area contributed by atoms with E-state index in [1.165, 1.54) is 6.07 Å². The molecule has 21 heavy (non-hydrogen) atoms. The first kappa shape index (κ1) is 15.6. The fourth-order valence-electron chi connectivity index (χ4n) is 2.26. The van der Waals surface area contributed by atoms with E-state index in [-0.39, 0.29) is 18.2 Å². The summed E-state index contributed by atoms with van der Waals surface area (Å²) in [6, 6.07) is 3.55. The fraction of sp³-hybridized carbons (Fsp3) is 0.400. The molecule has 1 heterocycles. The number of aryl methyl sites for hydroxylation is 1. The Morgan fingerprint density at radius 2 is 1.95 bits per heavy atom. The van der Waals surface area contributed by atoms with Crippen molar-refractivity contribution in [2.24, 2.45) is 7.05 Å². The average Bonchev–Trinajstić information content (AvgIpc) is 2.84. The van der Waals surface area contributed by atoms with Gasteiger partial charge < -0.3 is 5.11 Å². The van der Waals surface area contributed by atoms with Gasteiger partial charge in [0.15, 0.2) is 0 Å². The van der Waals surface area contributed by atoms with Crippen LogP contribution in [0.15, 0.2) is 30.6 Å². The molecule has 1 aromatic carbocycles. The van der Waals surface area contributed by atoms with Crippen molar-refractivity contribution in [1.82, 2.24) is 14.7 Å². The summed E-state index contributed by atoms with van der Waals surface area (Å²) in [7, 11) is 3.61. The van der Waals surface area contributed by atoms with Crippen molar-refractivity contribution in [3.05, 3.63) is 53.4 Å². The van der Waals surface area contributed by atoms with E-state index < -0.39 is 17.7 Å². The number of halogens is 2. The molecule has 0 amide bonds. The van der Waals surface area contributed by atoms with Crippen molar-refractivity contribution in [3.8, 4) is 0 Å². The zero-order chi connectivity index (χ0) is 15.6. The Morgan fingerprint density at radius 3 is 2.48 bits per heavy atom. The van der Waals surface area contributed by atoms with Crippen LogP contribution in [0.3, 0.4) is 0 Å². The van der Waals surface area contributed by atoms with Crippen molar-refractivity contribution in [2.45, 2.75) is 19.1 Å². The Kier molecular flexibility index (Phi) is 4.69. The van der Waals surface area contributed by atoms with Gasteiger partial charge in [0.2, 0.25) is 0 Å². The lowest BCUT2D eigenvalue weighted by Gasteiger charge is -2.26. The van der Waals surface area contributed by atoms with E-state index >= 15 is 0 Å². The van der Waals surface area contributed by atoms with Gasteiger partial charge in [-0.1, -0.05) is 6.07 Å². The van der Waals surface area contributed by atoms with Gasteiger partial charge in [-0.3, -0.25) is 9.58 Å². The normalized spacial score (nSPS) is 14.4. The maximum Gasteiger partial charge on any atom is 0.131 e. The lowest BCUT2D eigenvalue weighted by molar-refractivity contribution is 0.102. The maximum atomic E-state index is 13.6. The summed E-state index contributed by atoms with van der Waals surface area (Å²) < 4.78 is 29.0. The molecule has 2 atom stereocenters. The van der Waals surface area contributed by atoms with E-state index in [0.29, 0.717) is 0 Å². The third-order valence-electron chi connectivity index (χ3n) is 3.66. The van der Waals surface area contributed by atoms with E-state index in [4.69, 9.17) is 0 Å². The van der Waals surface area contributed by atoms with E-state index in [0.717, 1.165) is 17.7 Å². The van der Waals surface area contributed by atoms with Crippen molar-refractivity contribution in [3.63, 3.8) is 0 Å². The Hall–Kier alpha value is -1.79. The van der Waals surface area contributed by atoms with E-state index in [9.17, 15) is 13.9 Å². The van der Waals surface area contributed by atoms with E-state index in [1.54, 1.807) is 17.9 Å². The predicted octanol–water partition coefficient (Wildman–Crippen LogP) is 2.42. The zero-order valence-electron chi connectivity index (χ0n) is 12.3. The van der Waals surface area contributed by atoms with Gasteiger partial charge in [0.1, 0.15) is 11.6 Å². The first-order valence-electron chi connectivity index (χ1n) is 6.71. The standard InChI is InChI=1S/C15H19F2N3O/c1-10(11-7-18-20(3)8-11)19(2)9-14(21)15-12(16)5-4-6-13(15)17/h4-8,10,14,21H,9H2,1-3H3. The van der Waals surface area contributed by atoms with Crippen LogP contribution in [-0.4, -0.2) is 33.4 Å². The molecule has 2 aromatic rings. The number of hydrogen-bond acceptors (Lipinski definition) is 3. The van der Waals surface area contributed by atoms with Gasteiger partial charge in [-0.25, -0.2) is 8.78 Å². The van der Waals surface area contributed by atoms with Crippen LogP contribution in [0.4, 0.5) is 8.78 Å². The van der Waals surface area contributed by atoms with Crippen LogP contribution >= 0.6 is 0 Å². The van der Waals surface area contributed by atoms with E-state index in [1.807, 2.05) is 25.1 Å². The van der Waals surface area contributed by atoms with Gasteiger partial charge in [-0.05, 0) is 26.1 Å². The summed E-state index contributed by atoms with van der Waals surface area (Å²) in [4.78, 5) is 1.83. The molecule has 0 fully saturated rings. The molecule has 0 bridgehead atoms. The second-order valence-electron chi connectivity index (χ2n) is 5.21.